The number of hydrogen-bond acceptors (Lipinski definition) is 5. The number of nitrogens with zero attached hydrogens (tertiary/aromatic N) is 3. The van der Waals surface area contributed by atoms with Crippen molar-refractivity contribution in [3.8, 4) is 0 Å². The fourth-order valence-corrected chi connectivity index (χ4v) is 2.99. The lowest BCUT2D eigenvalue weighted by atomic mass is 10.1. The van der Waals surface area contributed by atoms with E-state index in [1.807, 2.05) is 29.3 Å². The van der Waals surface area contributed by atoms with E-state index in [1.165, 1.54) is 12.5 Å². The van der Waals surface area contributed by atoms with Crippen LogP contribution in [0, 0.1) is 0 Å². The first-order valence-electron chi connectivity index (χ1n) is 8.12. The highest BCUT2D eigenvalue weighted by atomic mass is 16.5. The maximum absolute atomic E-state index is 12.2. The van der Waals surface area contributed by atoms with Gasteiger partial charge in [-0.2, -0.15) is 0 Å². The standard InChI is InChI=1S/C18H21N3O3/c1-24-17(23)7-6-16(22)20-10-12-21(13-11-20)18-15-5-3-2-4-14(15)8-9-19-18/h2-5,8-9H,6-7,10-13H2,1H3. The van der Waals surface area contributed by atoms with Gasteiger partial charge in [-0.15, -0.1) is 0 Å². The molecule has 2 aromatic rings. The Morgan fingerprint density at radius 3 is 2.58 bits per heavy atom. The molecule has 24 heavy (non-hydrogen) atoms. The molecule has 0 radical (unpaired) electrons. The van der Waals surface area contributed by atoms with Crippen molar-refractivity contribution in [2.24, 2.45) is 0 Å². The van der Waals surface area contributed by atoms with Crippen LogP contribution in [0.2, 0.25) is 0 Å². The molecule has 1 aliphatic rings. The molecule has 1 fully saturated rings. The fraction of sp³-hybridized carbons (Fsp3) is 0.389. The van der Waals surface area contributed by atoms with Crippen molar-refractivity contribution in [3.63, 3.8) is 0 Å². The second-order valence-electron chi connectivity index (χ2n) is 5.80. The van der Waals surface area contributed by atoms with Gasteiger partial charge in [0.2, 0.25) is 5.91 Å². The summed E-state index contributed by atoms with van der Waals surface area (Å²) in [7, 11) is 1.34. The zero-order valence-corrected chi connectivity index (χ0v) is 13.8. The highest BCUT2D eigenvalue weighted by Gasteiger charge is 2.23. The minimum Gasteiger partial charge on any atom is -0.469 e. The summed E-state index contributed by atoms with van der Waals surface area (Å²) < 4.78 is 4.58. The molecule has 126 valence electrons. The van der Waals surface area contributed by atoms with E-state index in [1.54, 1.807) is 0 Å². The highest BCUT2D eigenvalue weighted by Crippen LogP contribution is 2.25. The number of rotatable bonds is 4. The zero-order chi connectivity index (χ0) is 16.9. The summed E-state index contributed by atoms with van der Waals surface area (Å²) in [5.74, 6) is 0.627. The molecule has 0 unspecified atom stereocenters. The summed E-state index contributed by atoms with van der Waals surface area (Å²) in [4.78, 5) is 31.9. The Labute approximate surface area is 141 Å². The van der Waals surface area contributed by atoms with Crippen LogP contribution in [0.25, 0.3) is 10.8 Å². The SMILES string of the molecule is COC(=O)CCC(=O)N1CCN(c2nccc3ccccc23)CC1. The second kappa shape index (κ2) is 7.29. The fourth-order valence-electron chi connectivity index (χ4n) is 2.99. The number of piperazine rings is 1. The van der Waals surface area contributed by atoms with Crippen LogP contribution in [0.1, 0.15) is 12.8 Å². The Balaban J connectivity index is 1.62. The Morgan fingerprint density at radius 2 is 1.83 bits per heavy atom. The van der Waals surface area contributed by atoms with E-state index >= 15 is 0 Å². The number of esters is 1. The number of carbonyl (C=O) groups excluding carboxylic acids is 2. The average molecular weight is 327 g/mol. The van der Waals surface area contributed by atoms with Crippen LogP contribution >= 0.6 is 0 Å². The van der Waals surface area contributed by atoms with Gasteiger partial charge in [-0.3, -0.25) is 9.59 Å². The molecule has 0 bridgehead atoms. The summed E-state index contributed by atoms with van der Waals surface area (Å²) in [5.41, 5.74) is 0. The molecule has 0 spiro atoms. The van der Waals surface area contributed by atoms with Gasteiger partial charge in [-0.25, -0.2) is 4.98 Å². The lowest BCUT2D eigenvalue weighted by Gasteiger charge is -2.36. The zero-order valence-electron chi connectivity index (χ0n) is 13.8. The number of fused-ring (bicyclic) bond motifs is 1. The Bertz CT molecular complexity index is 734. The van der Waals surface area contributed by atoms with E-state index < -0.39 is 0 Å². The summed E-state index contributed by atoms with van der Waals surface area (Å²) in [6, 6.07) is 10.2. The normalized spacial score (nSPS) is 14.7. The molecule has 3 rings (SSSR count). The summed E-state index contributed by atoms with van der Waals surface area (Å²) in [5, 5.41) is 2.30. The molecule has 6 heteroatoms. The van der Waals surface area contributed by atoms with Crippen molar-refractivity contribution >= 4 is 28.5 Å². The van der Waals surface area contributed by atoms with Crippen molar-refractivity contribution in [1.82, 2.24) is 9.88 Å². The number of aromatic nitrogens is 1. The van der Waals surface area contributed by atoms with Crippen molar-refractivity contribution in [2.75, 3.05) is 38.2 Å². The number of anilines is 1. The number of benzene rings is 1. The Kier molecular flexibility index (Phi) is 4.93. The molecule has 0 atom stereocenters. The molecule has 1 amide bonds. The quantitative estimate of drug-likeness (QED) is 0.802. The van der Waals surface area contributed by atoms with Crippen molar-refractivity contribution in [1.29, 1.82) is 0 Å². The molecule has 1 aliphatic heterocycles. The number of carbonyl (C=O) groups is 2. The van der Waals surface area contributed by atoms with Crippen LogP contribution in [-0.4, -0.2) is 55.0 Å². The van der Waals surface area contributed by atoms with Crippen molar-refractivity contribution < 1.29 is 14.3 Å². The molecule has 1 aromatic heterocycles. The lowest BCUT2D eigenvalue weighted by molar-refractivity contribution is -0.143. The molecule has 0 saturated carbocycles. The van der Waals surface area contributed by atoms with Gasteiger partial charge in [-0.1, -0.05) is 24.3 Å². The largest absolute Gasteiger partial charge is 0.469 e. The predicted octanol–water partition coefficient (Wildman–Crippen LogP) is 1.84. The minimum absolute atomic E-state index is 0.00549. The number of hydrogen-bond donors (Lipinski definition) is 0. The lowest BCUT2D eigenvalue weighted by Crippen LogP contribution is -2.49. The van der Waals surface area contributed by atoms with Gasteiger partial charge in [0, 0.05) is 44.2 Å². The van der Waals surface area contributed by atoms with Crippen molar-refractivity contribution in [2.45, 2.75) is 12.8 Å². The van der Waals surface area contributed by atoms with E-state index in [-0.39, 0.29) is 24.7 Å². The van der Waals surface area contributed by atoms with Crippen LogP contribution in [0.15, 0.2) is 36.5 Å². The monoisotopic (exact) mass is 327 g/mol. The number of ether oxygens (including phenoxy) is 1. The molecule has 0 N–H and O–H groups in total. The third-order valence-electron chi connectivity index (χ3n) is 4.36. The summed E-state index contributed by atoms with van der Waals surface area (Å²) in [6.07, 6.45) is 2.17. The second-order valence-corrected chi connectivity index (χ2v) is 5.80. The van der Waals surface area contributed by atoms with Crippen LogP contribution < -0.4 is 4.90 Å². The maximum Gasteiger partial charge on any atom is 0.306 e. The number of amides is 1. The van der Waals surface area contributed by atoms with Gasteiger partial charge >= 0.3 is 5.97 Å². The van der Waals surface area contributed by atoms with Crippen LogP contribution in [0.3, 0.4) is 0 Å². The molecule has 1 aromatic carbocycles. The maximum atomic E-state index is 12.2. The van der Waals surface area contributed by atoms with Crippen LogP contribution in [0.4, 0.5) is 5.82 Å². The molecule has 0 aliphatic carbocycles. The van der Waals surface area contributed by atoms with Gasteiger partial charge in [0.25, 0.3) is 0 Å². The van der Waals surface area contributed by atoms with E-state index in [0.717, 1.165) is 24.3 Å². The van der Waals surface area contributed by atoms with E-state index in [0.29, 0.717) is 13.1 Å². The van der Waals surface area contributed by atoms with Gasteiger partial charge in [0.1, 0.15) is 5.82 Å². The first-order valence-corrected chi connectivity index (χ1v) is 8.12. The predicted molar refractivity (Wildman–Crippen MR) is 91.8 cm³/mol. The average Bonchev–Trinajstić information content (AvgIpc) is 2.65. The van der Waals surface area contributed by atoms with E-state index in [9.17, 15) is 9.59 Å². The minimum atomic E-state index is -0.345. The first-order chi connectivity index (χ1) is 11.7. The number of methoxy groups -OCH3 is 1. The number of pyridine rings is 1. The first kappa shape index (κ1) is 16.2. The van der Waals surface area contributed by atoms with Gasteiger partial charge in [-0.05, 0) is 11.5 Å². The van der Waals surface area contributed by atoms with Crippen molar-refractivity contribution in [3.05, 3.63) is 36.5 Å². The Morgan fingerprint density at radius 1 is 1.08 bits per heavy atom. The van der Waals surface area contributed by atoms with Gasteiger partial charge < -0.3 is 14.5 Å². The third kappa shape index (κ3) is 3.48. The summed E-state index contributed by atoms with van der Waals surface area (Å²) in [6.45, 7) is 2.77. The van der Waals surface area contributed by atoms with Gasteiger partial charge in [0.15, 0.2) is 0 Å². The Hall–Kier alpha value is -2.63. The summed E-state index contributed by atoms with van der Waals surface area (Å²) >= 11 is 0. The van der Waals surface area contributed by atoms with Crippen LogP contribution in [-0.2, 0) is 14.3 Å². The smallest absolute Gasteiger partial charge is 0.306 e. The third-order valence-corrected chi connectivity index (χ3v) is 4.36. The molecule has 1 saturated heterocycles. The van der Waals surface area contributed by atoms with Gasteiger partial charge in [0.05, 0.1) is 13.5 Å². The topological polar surface area (TPSA) is 62.7 Å². The molecule has 6 nitrogen and oxygen atoms in total. The van der Waals surface area contributed by atoms with Crippen LogP contribution in [0.5, 0.6) is 0 Å². The highest BCUT2D eigenvalue weighted by molar-refractivity contribution is 5.92. The molecular weight excluding hydrogens is 306 g/mol. The molecular formula is C18H21N3O3. The van der Waals surface area contributed by atoms with E-state index in [4.69, 9.17) is 0 Å². The molecule has 2 heterocycles. The van der Waals surface area contributed by atoms with E-state index in [2.05, 4.69) is 26.8 Å².